The van der Waals surface area contributed by atoms with E-state index in [2.05, 4.69) is 64.7 Å². The molecule has 31 heavy (non-hydrogen) atoms. The fourth-order valence-corrected chi connectivity index (χ4v) is 3.69. The molecule has 0 amide bonds. The Morgan fingerprint density at radius 2 is 1.77 bits per heavy atom. The maximum absolute atomic E-state index is 9.64. The van der Waals surface area contributed by atoms with Gasteiger partial charge in [0.05, 0.1) is 12.6 Å². The van der Waals surface area contributed by atoms with Gasteiger partial charge in [-0.15, -0.1) is 0 Å². The zero-order valence-electron chi connectivity index (χ0n) is 19.0. The SMILES string of the molecule is CN=C(NCc1ccc(CN2CCC(O)CC2)cc1)NCC(C)Oc1ccccc1C. The average molecular weight is 425 g/mol. The summed E-state index contributed by atoms with van der Waals surface area (Å²) < 4.78 is 6.02. The molecule has 1 saturated heterocycles. The largest absolute Gasteiger partial charge is 0.489 e. The minimum atomic E-state index is -0.121. The van der Waals surface area contributed by atoms with Gasteiger partial charge in [-0.3, -0.25) is 9.89 Å². The van der Waals surface area contributed by atoms with E-state index in [1.54, 1.807) is 7.05 Å². The van der Waals surface area contributed by atoms with Crippen molar-refractivity contribution < 1.29 is 9.84 Å². The number of nitrogens with zero attached hydrogens (tertiary/aromatic N) is 2. The third kappa shape index (κ3) is 7.56. The molecular weight excluding hydrogens is 388 g/mol. The molecule has 6 heteroatoms. The van der Waals surface area contributed by atoms with E-state index in [1.165, 1.54) is 11.1 Å². The molecule has 2 aromatic rings. The Balaban J connectivity index is 1.40. The van der Waals surface area contributed by atoms with Crippen molar-refractivity contribution in [1.82, 2.24) is 15.5 Å². The summed E-state index contributed by atoms with van der Waals surface area (Å²) in [6, 6.07) is 16.8. The number of nitrogens with one attached hydrogen (secondary N) is 2. The molecule has 2 aromatic carbocycles. The highest BCUT2D eigenvalue weighted by Gasteiger charge is 2.16. The monoisotopic (exact) mass is 424 g/mol. The minimum absolute atomic E-state index is 0.0230. The summed E-state index contributed by atoms with van der Waals surface area (Å²) in [6.45, 7) is 8.37. The number of rotatable bonds is 8. The topological polar surface area (TPSA) is 69.1 Å². The van der Waals surface area contributed by atoms with Gasteiger partial charge in [0.25, 0.3) is 0 Å². The number of aliphatic hydroxyl groups excluding tert-OH is 1. The van der Waals surface area contributed by atoms with Crippen LogP contribution in [0.25, 0.3) is 0 Å². The summed E-state index contributed by atoms with van der Waals surface area (Å²) in [5.74, 6) is 1.68. The summed E-state index contributed by atoms with van der Waals surface area (Å²) >= 11 is 0. The second-order valence-electron chi connectivity index (χ2n) is 8.32. The molecule has 6 nitrogen and oxygen atoms in total. The van der Waals surface area contributed by atoms with Crippen LogP contribution in [-0.4, -0.2) is 54.9 Å². The number of hydrogen-bond acceptors (Lipinski definition) is 4. The molecule has 0 spiro atoms. The van der Waals surface area contributed by atoms with Gasteiger partial charge in [0.1, 0.15) is 11.9 Å². The highest BCUT2D eigenvalue weighted by atomic mass is 16.5. The van der Waals surface area contributed by atoms with Crippen LogP contribution in [0.3, 0.4) is 0 Å². The summed E-state index contributed by atoms with van der Waals surface area (Å²) in [6.07, 6.45) is 1.66. The lowest BCUT2D eigenvalue weighted by Gasteiger charge is -2.29. The number of hydrogen-bond donors (Lipinski definition) is 3. The van der Waals surface area contributed by atoms with Gasteiger partial charge in [0.15, 0.2) is 5.96 Å². The lowest BCUT2D eigenvalue weighted by atomic mass is 10.1. The molecule has 1 aliphatic heterocycles. The van der Waals surface area contributed by atoms with E-state index in [1.807, 2.05) is 18.2 Å². The molecule has 1 aliphatic rings. The predicted molar refractivity (Wildman–Crippen MR) is 126 cm³/mol. The molecule has 3 rings (SSSR count). The van der Waals surface area contributed by atoms with Crippen LogP contribution in [0.5, 0.6) is 5.75 Å². The first-order chi connectivity index (χ1) is 15.0. The molecule has 0 aliphatic carbocycles. The van der Waals surface area contributed by atoms with Crippen LogP contribution >= 0.6 is 0 Å². The fourth-order valence-electron chi connectivity index (χ4n) is 3.69. The highest BCUT2D eigenvalue weighted by molar-refractivity contribution is 5.79. The van der Waals surface area contributed by atoms with Gasteiger partial charge in [-0.2, -0.15) is 0 Å². The van der Waals surface area contributed by atoms with Crippen LogP contribution in [-0.2, 0) is 13.1 Å². The molecule has 0 bridgehead atoms. The van der Waals surface area contributed by atoms with Crippen molar-refractivity contribution in [2.75, 3.05) is 26.7 Å². The Kier molecular flexibility index (Phi) is 8.74. The Labute approximate surface area is 186 Å². The van der Waals surface area contributed by atoms with Crippen molar-refractivity contribution >= 4 is 5.96 Å². The maximum atomic E-state index is 9.64. The molecule has 0 aromatic heterocycles. The quantitative estimate of drug-likeness (QED) is 0.449. The Hall–Kier alpha value is -2.57. The van der Waals surface area contributed by atoms with Crippen molar-refractivity contribution in [2.24, 2.45) is 4.99 Å². The molecular formula is C25H36N4O2. The van der Waals surface area contributed by atoms with Crippen molar-refractivity contribution in [3.8, 4) is 5.75 Å². The second kappa shape index (κ2) is 11.7. The normalized spacial score (nSPS) is 16.7. The molecule has 0 radical (unpaired) electrons. The molecule has 3 N–H and O–H groups in total. The van der Waals surface area contributed by atoms with Crippen LogP contribution in [0.1, 0.15) is 36.5 Å². The van der Waals surface area contributed by atoms with Crippen LogP contribution in [0, 0.1) is 6.92 Å². The molecule has 1 atom stereocenters. The lowest BCUT2D eigenvalue weighted by Crippen LogP contribution is -2.41. The van der Waals surface area contributed by atoms with E-state index in [4.69, 9.17) is 4.74 Å². The Morgan fingerprint density at radius 1 is 1.10 bits per heavy atom. The summed E-state index contributed by atoms with van der Waals surface area (Å²) in [4.78, 5) is 6.72. The van der Waals surface area contributed by atoms with Crippen molar-refractivity contribution in [2.45, 2.75) is 52.0 Å². The van der Waals surface area contributed by atoms with E-state index in [0.29, 0.717) is 13.1 Å². The third-order valence-electron chi connectivity index (χ3n) is 5.65. The van der Waals surface area contributed by atoms with Gasteiger partial charge in [0, 0.05) is 33.2 Å². The number of likely N-dealkylation sites (tertiary alicyclic amines) is 1. The number of aliphatic imine (C=N–C) groups is 1. The number of guanidine groups is 1. The molecule has 1 heterocycles. The number of para-hydroxylation sites is 1. The summed E-state index contributed by atoms with van der Waals surface area (Å²) in [5, 5.41) is 16.3. The number of piperidine rings is 1. The third-order valence-corrected chi connectivity index (χ3v) is 5.65. The summed E-state index contributed by atoms with van der Waals surface area (Å²) in [5.41, 5.74) is 3.66. The van der Waals surface area contributed by atoms with E-state index in [0.717, 1.165) is 49.7 Å². The molecule has 1 fully saturated rings. The van der Waals surface area contributed by atoms with Gasteiger partial charge >= 0.3 is 0 Å². The van der Waals surface area contributed by atoms with E-state index < -0.39 is 0 Å². The molecule has 1 unspecified atom stereocenters. The number of ether oxygens (including phenoxy) is 1. The van der Waals surface area contributed by atoms with Crippen LogP contribution < -0.4 is 15.4 Å². The van der Waals surface area contributed by atoms with Gasteiger partial charge in [0.2, 0.25) is 0 Å². The number of aliphatic hydroxyl groups is 1. The van der Waals surface area contributed by atoms with Crippen LogP contribution in [0.4, 0.5) is 0 Å². The van der Waals surface area contributed by atoms with E-state index in [-0.39, 0.29) is 12.2 Å². The van der Waals surface area contributed by atoms with Crippen molar-refractivity contribution in [3.63, 3.8) is 0 Å². The highest BCUT2D eigenvalue weighted by Crippen LogP contribution is 2.17. The van der Waals surface area contributed by atoms with Gasteiger partial charge in [-0.1, -0.05) is 42.5 Å². The minimum Gasteiger partial charge on any atom is -0.489 e. The van der Waals surface area contributed by atoms with Crippen LogP contribution in [0.15, 0.2) is 53.5 Å². The average Bonchev–Trinajstić information content (AvgIpc) is 2.78. The number of benzene rings is 2. The molecule has 168 valence electrons. The first-order valence-electron chi connectivity index (χ1n) is 11.2. The first kappa shape index (κ1) is 23.1. The Bertz CT molecular complexity index is 830. The first-order valence-corrected chi connectivity index (χ1v) is 11.2. The van der Waals surface area contributed by atoms with E-state index >= 15 is 0 Å². The maximum Gasteiger partial charge on any atom is 0.191 e. The second-order valence-corrected chi connectivity index (χ2v) is 8.32. The zero-order valence-corrected chi connectivity index (χ0v) is 19.0. The van der Waals surface area contributed by atoms with Crippen LogP contribution in [0.2, 0.25) is 0 Å². The van der Waals surface area contributed by atoms with Crippen molar-refractivity contribution in [1.29, 1.82) is 0 Å². The zero-order chi connectivity index (χ0) is 22.1. The standard InChI is InChI=1S/C25H36N4O2/c1-19-6-4-5-7-24(19)31-20(2)16-27-25(26-3)28-17-21-8-10-22(11-9-21)18-29-14-12-23(30)13-15-29/h4-11,20,23,30H,12-18H2,1-3H3,(H2,26,27,28). The van der Waals surface area contributed by atoms with E-state index in [9.17, 15) is 5.11 Å². The van der Waals surface area contributed by atoms with Gasteiger partial charge < -0.3 is 20.5 Å². The van der Waals surface area contributed by atoms with Gasteiger partial charge in [-0.05, 0) is 49.4 Å². The fraction of sp³-hybridized carbons (Fsp3) is 0.480. The molecule has 0 saturated carbocycles. The van der Waals surface area contributed by atoms with Crippen molar-refractivity contribution in [3.05, 3.63) is 65.2 Å². The number of aryl methyl sites for hydroxylation is 1. The smallest absolute Gasteiger partial charge is 0.191 e. The van der Waals surface area contributed by atoms with Gasteiger partial charge in [-0.25, -0.2) is 0 Å². The Morgan fingerprint density at radius 3 is 2.45 bits per heavy atom. The summed E-state index contributed by atoms with van der Waals surface area (Å²) in [7, 11) is 1.78. The lowest BCUT2D eigenvalue weighted by molar-refractivity contribution is 0.0792. The predicted octanol–water partition coefficient (Wildman–Crippen LogP) is 3.08.